The summed E-state index contributed by atoms with van der Waals surface area (Å²) in [7, 11) is -1.99. The molecule has 0 aliphatic carbocycles. The highest BCUT2D eigenvalue weighted by Gasteiger charge is 2.38. The fraction of sp³-hybridized carbons (Fsp3) is 0.333. The Morgan fingerprint density at radius 3 is 2.08 bits per heavy atom. The molecule has 0 nitrogen and oxygen atoms in total. The van der Waals surface area contributed by atoms with Crippen LogP contribution >= 0.6 is 7.92 Å². The molecule has 0 N–H and O–H groups in total. The molecule has 0 saturated carbocycles. The van der Waals surface area contributed by atoms with Crippen molar-refractivity contribution in [3.05, 3.63) is 30.3 Å². The van der Waals surface area contributed by atoms with Gasteiger partial charge >= 0.3 is 5.92 Å². The molecule has 13 heavy (non-hydrogen) atoms. The van der Waals surface area contributed by atoms with Gasteiger partial charge in [0.05, 0.1) is 0 Å². The molecule has 1 aromatic rings. The number of hydrogen-bond donors (Lipinski definition) is 0. The van der Waals surface area contributed by atoms with Crippen molar-refractivity contribution in [2.24, 2.45) is 0 Å². The molecule has 72 valence electrons. The fourth-order valence-electron chi connectivity index (χ4n) is 1.12. The molecule has 1 aromatic carbocycles. The van der Waals surface area contributed by atoms with Gasteiger partial charge < -0.3 is 0 Å². The number of hydrogen-bond acceptors (Lipinski definition) is 0. The molecule has 0 amide bonds. The number of benzene rings is 1. The molecule has 0 aromatic heterocycles. The largest absolute Gasteiger partial charge is 0.409 e. The Morgan fingerprint density at radius 2 is 1.69 bits per heavy atom. The topological polar surface area (TPSA) is 0 Å². The van der Waals surface area contributed by atoms with Crippen molar-refractivity contribution in [3.8, 4) is 0 Å². The van der Waals surface area contributed by atoms with Crippen molar-refractivity contribution < 1.29 is 13.2 Å². The van der Waals surface area contributed by atoms with E-state index in [1.165, 1.54) is 0 Å². The van der Waals surface area contributed by atoms with E-state index >= 15 is 0 Å². The molecular weight excluding hydrogens is 196 g/mol. The van der Waals surface area contributed by atoms with Crippen molar-refractivity contribution in [3.63, 3.8) is 0 Å². The van der Waals surface area contributed by atoms with Gasteiger partial charge in [0.25, 0.3) is 0 Å². The zero-order valence-electron chi connectivity index (χ0n) is 7.17. The summed E-state index contributed by atoms with van der Waals surface area (Å²) in [6, 6.07) is 8.10. The van der Waals surface area contributed by atoms with Crippen LogP contribution in [-0.4, -0.2) is 12.1 Å². The molecule has 0 heterocycles. The summed E-state index contributed by atoms with van der Waals surface area (Å²) in [6.07, 6.45) is 0.156. The Morgan fingerprint density at radius 1 is 1.15 bits per heavy atom. The Kier molecular flexibility index (Phi) is 3.32. The Labute approximate surface area is 76.5 Å². The van der Waals surface area contributed by atoms with E-state index in [2.05, 4.69) is 0 Å². The lowest BCUT2D eigenvalue weighted by Crippen LogP contribution is -2.15. The highest BCUT2D eigenvalue weighted by molar-refractivity contribution is 7.66. The highest BCUT2D eigenvalue weighted by Crippen LogP contribution is 2.51. The van der Waals surface area contributed by atoms with Gasteiger partial charge in [-0.1, -0.05) is 37.3 Å². The second-order valence-electron chi connectivity index (χ2n) is 2.55. The number of alkyl halides is 3. The van der Waals surface area contributed by atoms with E-state index < -0.39 is 13.8 Å². The van der Waals surface area contributed by atoms with Gasteiger partial charge in [-0.3, -0.25) is 0 Å². The van der Waals surface area contributed by atoms with Crippen LogP contribution in [-0.2, 0) is 0 Å². The molecule has 0 aliphatic rings. The van der Waals surface area contributed by atoms with Crippen LogP contribution in [0.5, 0.6) is 0 Å². The van der Waals surface area contributed by atoms with Crippen molar-refractivity contribution in [2.45, 2.75) is 12.8 Å². The molecule has 0 fully saturated rings. The van der Waals surface area contributed by atoms with Crippen molar-refractivity contribution in [1.82, 2.24) is 0 Å². The smallest absolute Gasteiger partial charge is 0.167 e. The van der Waals surface area contributed by atoms with Gasteiger partial charge in [0.1, 0.15) is 0 Å². The second-order valence-corrected chi connectivity index (χ2v) is 5.06. The summed E-state index contributed by atoms with van der Waals surface area (Å²) in [6.45, 7) is 1.58. The first-order chi connectivity index (χ1) is 6.05. The maximum absolute atomic E-state index is 12.4. The van der Waals surface area contributed by atoms with E-state index in [4.69, 9.17) is 0 Å². The zero-order valence-corrected chi connectivity index (χ0v) is 8.07. The van der Waals surface area contributed by atoms with Crippen LogP contribution in [0.2, 0.25) is 0 Å². The Hall–Kier alpha value is -0.560. The summed E-state index contributed by atoms with van der Waals surface area (Å²) in [5, 5.41) is 0.410. The van der Waals surface area contributed by atoms with E-state index in [-0.39, 0.29) is 6.16 Å². The molecule has 1 rings (SSSR count). The van der Waals surface area contributed by atoms with Gasteiger partial charge in [-0.25, -0.2) is 0 Å². The maximum Gasteiger partial charge on any atom is 0.409 e. The molecular formula is C9H10F3P. The third kappa shape index (κ3) is 2.70. The first-order valence-electron chi connectivity index (χ1n) is 3.95. The predicted octanol–water partition coefficient (Wildman–Crippen LogP) is 3.33. The molecule has 0 spiro atoms. The first kappa shape index (κ1) is 10.5. The van der Waals surface area contributed by atoms with Crippen LogP contribution in [0.25, 0.3) is 0 Å². The molecule has 1 unspecified atom stereocenters. The first-order valence-corrected chi connectivity index (χ1v) is 5.48. The van der Waals surface area contributed by atoms with Gasteiger partial charge in [0, 0.05) is 7.92 Å². The summed E-state index contributed by atoms with van der Waals surface area (Å²) >= 11 is 0. The molecule has 4 heteroatoms. The van der Waals surface area contributed by atoms with Gasteiger partial charge in [0.15, 0.2) is 0 Å². The maximum atomic E-state index is 12.4. The standard InChI is InChI=1S/C9H10F3P/c1-2-13(9(10,11)12)8-6-4-3-5-7-8/h3-7H,2H2,1H3. The molecule has 0 bridgehead atoms. The highest BCUT2D eigenvalue weighted by atomic mass is 31.1. The molecule has 1 atom stereocenters. The van der Waals surface area contributed by atoms with Crippen molar-refractivity contribution in [1.29, 1.82) is 0 Å². The average molecular weight is 206 g/mol. The van der Waals surface area contributed by atoms with Gasteiger partial charge in [-0.15, -0.1) is 0 Å². The SMILES string of the molecule is CCP(c1ccccc1)C(F)(F)F. The van der Waals surface area contributed by atoms with E-state index in [1.54, 1.807) is 37.3 Å². The normalized spacial score (nSPS) is 14.2. The minimum atomic E-state index is -4.06. The van der Waals surface area contributed by atoms with Crippen molar-refractivity contribution in [2.75, 3.05) is 6.16 Å². The molecule has 0 saturated heterocycles. The van der Waals surface area contributed by atoms with Crippen LogP contribution in [0.3, 0.4) is 0 Å². The minimum Gasteiger partial charge on any atom is -0.167 e. The third-order valence-electron chi connectivity index (χ3n) is 1.69. The third-order valence-corrected chi connectivity index (χ3v) is 3.86. The number of rotatable bonds is 2. The van der Waals surface area contributed by atoms with E-state index in [9.17, 15) is 13.2 Å². The van der Waals surface area contributed by atoms with Crippen LogP contribution in [0.1, 0.15) is 6.92 Å². The quantitative estimate of drug-likeness (QED) is 0.651. The van der Waals surface area contributed by atoms with Crippen LogP contribution in [0.4, 0.5) is 13.2 Å². The lowest BCUT2D eigenvalue weighted by molar-refractivity contribution is -0.0390. The summed E-state index contributed by atoms with van der Waals surface area (Å²) < 4.78 is 37.3. The van der Waals surface area contributed by atoms with E-state index in [0.29, 0.717) is 5.30 Å². The Balaban J connectivity index is 2.92. The van der Waals surface area contributed by atoms with Gasteiger partial charge in [-0.2, -0.15) is 13.2 Å². The summed E-state index contributed by atoms with van der Waals surface area (Å²) in [4.78, 5) is 0. The van der Waals surface area contributed by atoms with Crippen molar-refractivity contribution >= 4 is 13.2 Å². The number of halogens is 3. The van der Waals surface area contributed by atoms with Crippen LogP contribution in [0, 0.1) is 0 Å². The Bertz CT molecular complexity index is 255. The fourth-order valence-corrected chi connectivity index (χ4v) is 2.66. The molecule has 0 radical (unpaired) electrons. The second kappa shape index (κ2) is 4.10. The molecule has 0 aliphatic heterocycles. The summed E-state index contributed by atoms with van der Waals surface area (Å²) in [5.41, 5.74) is 0. The van der Waals surface area contributed by atoms with Gasteiger partial charge in [0.2, 0.25) is 0 Å². The zero-order chi connectivity index (χ0) is 9.90. The van der Waals surface area contributed by atoms with E-state index in [0.717, 1.165) is 0 Å². The monoisotopic (exact) mass is 206 g/mol. The average Bonchev–Trinajstić information content (AvgIpc) is 2.05. The summed E-state index contributed by atoms with van der Waals surface area (Å²) in [5.74, 6) is -4.06. The van der Waals surface area contributed by atoms with Gasteiger partial charge in [-0.05, 0) is 11.5 Å². The minimum absolute atomic E-state index is 0.156. The lowest BCUT2D eigenvalue weighted by Gasteiger charge is -2.18. The van der Waals surface area contributed by atoms with Crippen LogP contribution in [0.15, 0.2) is 30.3 Å². The van der Waals surface area contributed by atoms with Crippen LogP contribution < -0.4 is 5.30 Å². The van der Waals surface area contributed by atoms with E-state index in [1.807, 2.05) is 0 Å². The lowest BCUT2D eigenvalue weighted by atomic mass is 10.4. The predicted molar refractivity (Wildman–Crippen MR) is 49.6 cm³/mol.